The fraction of sp³-hybridized carbons (Fsp3) is 0.667. The van der Waals surface area contributed by atoms with Crippen molar-refractivity contribution in [1.82, 2.24) is 10.2 Å². The maximum atomic E-state index is 14.8. The Bertz CT molecular complexity index is 815. The summed E-state index contributed by atoms with van der Waals surface area (Å²) in [5.41, 5.74) is 2.15. The second kappa shape index (κ2) is 15.1. The molecule has 0 amide bonds. The summed E-state index contributed by atoms with van der Waals surface area (Å²) >= 11 is 0. The number of rotatable bonds is 15. The van der Waals surface area contributed by atoms with Gasteiger partial charge in [0, 0.05) is 11.6 Å². The maximum absolute atomic E-state index is 14.8. The summed E-state index contributed by atoms with van der Waals surface area (Å²) in [6.07, 6.45) is 19.3. The Balaban J connectivity index is 1.40. The molecular weight excluding hydrogens is 423 g/mol. The van der Waals surface area contributed by atoms with Crippen LogP contribution in [0.5, 0.6) is 5.88 Å². The normalized spacial score (nSPS) is 18.2. The van der Waals surface area contributed by atoms with E-state index in [0.717, 1.165) is 43.1 Å². The molecule has 1 aliphatic carbocycles. The highest BCUT2D eigenvalue weighted by molar-refractivity contribution is 5.60. The molecule has 1 fully saturated rings. The number of halogens is 1. The highest BCUT2D eigenvalue weighted by atomic mass is 19.1. The fourth-order valence-corrected chi connectivity index (χ4v) is 5.21. The van der Waals surface area contributed by atoms with E-state index in [2.05, 4.69) is 30.1 Å². The second-order valence-corrected chi connectivity index (χ2v) is 10.3. The van der Waals surface area contributed by atoms with Gasteiger partial charge in [-0.1, -0.05) is 97.0 Å². The first-order valence-corrected chi connectivity index (χ1v) is 13.9. The minimum atomic E-state index is -0.213. The number of aromatic nitrogens is 2. The van der Waals surface area contributed by atoms with Crippen LogP contribution in [0, 0.1) is 17.7 Å². The van der Waals surface area contributed by atoms with Crippen molar-refractivity contribution in [3.8, 4) is 17.1 Å². The molecule has 188 valence electrons. The van der Waals surface area contributed by atoms with E-state index >= 15 is 0 Å². The summed E-state index contributed by atoms with van der Waals surface area (Å²) < 4.78 is 20.4. The Morgan fingerprint density at radius 3 is 2.18 bits per heavy atom. The third-order valence-corrected chi connectivity index (χ3v) is 7.47. The zero-order valence-electron chi connectivity index (χ0n) is 21.5. The van der Waals surface area contributed by atoms with Gasteiger partial charge < -0.3 is 4.74 Å². The third kappa shape index (κ3) is 9.00. The number of benzene rings is 1. The summed E-state index contributed by atoms with van der Waals surface area (Å²) in [7, 11) is 0. The standard InChI is InChI=1S/C30H45FN2O/c1-3-5-7-8-9-11-24-12-14-25(15-13-24)16-17-26-18-19-27(28(31)23-26)29-20-21-30(33-32-29)34-22-10-6-4-2/h18-21,23-25H,3-17,22H2,1-2H3. The molecule has 3 rings (SSSR count). The molecule has 3 nitrogen and oxygen atoms in total. The van der Waals surface area contributed by atoms with Gasteiger partial charge in [-0.2, -0.15) is 0 Å². The molecule has 1 aliphatic rings. The molecule has 0 radical (unpaired) electrons. The number of unbranched alkanes of at least 4 members (excludes halogenated alkanes) is 6. The molecular formula is C30H45FN2O. The molecule has 1 heterocycles. The monoisotopic (exact) mass is 468 g/mol. The Kier molecular flexibility index (Phi) is 11.8. The Morgan fingerprint density at radius 2 is 1.50 bits per heavy atom. The summed E-state index contributed by atoms with van der Waals surface area (Å²) in [4.78, 5) is 0. The van der Waals surface area contributed by atoms with E-state index in [1.807, 2.05) is 6.07 Å². The predicted molar refractivity (Wildman–Crippen MR) is 140 cm³/mol. The molecule has 1 saturated carbocycles. The lowest BCUT2D eigenvalue weighted by Crippen LogP contribution is -2.15. The van der Waals surface area contributed by atoms with E-state index in [4.69, 9.17) is 4.74 Å². The van der Waals surface area contributed by atoms with E-state index in [9.17, 15) is 4.39 Å². The van der Waals surface area contributed by atoms with Crippen molar-refractivity contribution in [2.45, 2.75) is 110 Å². The van der Waals surface area contributed by atoms with Crippen LogP contribution in [0.2, 0.25) is 0 Å². The molecule has 0 N–H and O–H groups in total. The van der Waals surface area contributed by atoms with Crippen molar-refractivity contribution in [1.29, 1.82) is 0 Å². The van der Waals surface area contributed by atoms with Gasteiger partial charge in [0.1, 0.15) is 5.82 Å². The summed E-state index contributed by atoms with van der Waals surface area (Å²) in [5, 5.41) is 8.30. The van der Waals surface area contributed by atoms with Gasteiger partial charge in [0.25, 0.3) is 0 Å². The van der Waals surface area contributed by atoms with Gasteiger partial charge in [0.15, 0.2) is 0 Å². The lowest BCUT2D eigenvalue weighted by atomic mass is 9.77. The van der Waals surface area contributed by atoms with Crippen LogP contribution in [-0.2, 0) is 6.42 Å². The van der Waals surface area contributed by atoms with Crippen molar-refractivity contribution in [3.05, 3.63) is 41.7 Å². The molecule has 0 bridgehead atoms. The smallest absolute Gasteiger partial charge is 0.233 e. The van der Waals surface area contributed by atoms with Gasteiger partial charge in [-0.05, 0) is 54.9 Å². The lowest BCUT2D eigenvalue weighted by Gasteiger charge is -2.28. The van der Waals surface area contributed by atoms with Gasteiger partial charge in [0.2, 0.25) is 5.88 Å². The number of nitrogens with zero attached hydrogens (tertiary/aromatic N) is 2. The quantitative estimate of drug-likeness (QED) is 0.245. The van der Waals surface area contributed by atoms with E-state index in [1.54, 1.807) is 18.2 Å². The van der Waals surface area contributed by atoms with Crippen LogP contribution in [0.3, 0.4) is 0 Å². The number of aryl methyl sites for hydroxylation is 1. The van der Waals surface area contributed by atoms with Crippen LogP contribution < -0.4 is 4.74 Å². The minimum Gasteiger partial charge on any atom is -0.477 e. The van der Waals surface area contributed by atoms with Crippen molar-refractivity contribution < 1.29 is 9.13 Å². The van der Waals surface area contributed by atoms with Crippen molar-refractivity contribution in [2.24, 2.45) is 11.8 Å². The Hall–Kier alpha value is -1.97. The van der Waals surface area contributed by atoms with Crippen LogP contribution >= 0.6 is 0 Å². The van der Waals surface area contributed by atoms with Crippen LogP contribution in [0.1, 0.15) is 109 Å². The topological polar surface area (TPSA) is 35.0 Å². The molecule has 2 aromatic rings. The molecule has 4 heteroatoms. The van der Waals surface area contributed by atoms with E-state index in [-0.39, 0.29) is 5.82 Å². The van der Waals surface area contributed by atoms with Gasteiger partial charge >= 0.3 is 0 Å². The Labute approximate surface area is 206 Å². The maximum Gasteiger partial charge on any atom is 0.233 e. The third-order valence-electron chi connectivity index (χ3n) is 7.47. The highest BCUT2D eigenvalue weighted by Crippen LogP contribution is 2.34. The van der Waals surface area contributed by atoms with Crippen LogP contribution in [0.15, 0.2) is 30.3 Å². The zero-order valence-corrected chi connectivity index (χ0v) is 21.5. The largest absolute Gasteiger partial charge is 0.477 e. The molecule has 0 aliphatic heterocycles. The number of hydrogen-bond donors (Lipinski definition) is 0. The van der Waals surface area contributed by atoms with E-state index < -0.39 is 0 Å². The van der Waals surface area contributed by atoms with Crippen molar-refractivity contribution in [2.75, 3.05) is 6.61 Å². The average molecular weight is 469 g/mol. The SMILES string of the molecule is CCCCCCCC1CCC(CCc2ccc(-c3ccc(OCCCCC)nn3)c(F)c2)CC1. The summed E-state index contributed by atoms with van der Waals surface area (Å²) in [6, 6.07) is 9.17. The predicted octanol–water partition coefficient (Wildman–Crippen LogP) is 8.95. The van der Waals surface area contributed by atoms with Crippen molar-refractivity contribution >= 4 is 0 Å². The molecule has 0 saturated heterocycles. The molecule has 0 spiro atoms. The number of ether oxygens (including phenoxy) is 1. The number of hydrogen-bond acceptors (Lipinski definition) is 3. The van der Waals surface area contributed by atoms with Crippen LogP contribution in [-0.4, -0.2) is 16.8 Å². The van der Waals surface area contributed by atoms with Crippen LogP contribution in [0.4, 0.5) is 4.39 Å². The molecule has 0 atom stereocenters. The first kappa shape index (κ1) is 26.6. The zero-order chi connectivity index (χ0) is 24.0. The molecule has 0 unspecified atom stereocenters. The fourth-order valence-electron chi connectivity index (χ4n) is 5.21. The summed E-state index contributed by atoms with van der Waals surface area (Å²) in [6.45, 7) is 5.09. The van der Waals surface area contributed by atoms with Crippen LogP contribution in [0.25, 0.3) is 11.3 Å². The Morgan fingerprint density at radius 1 is 0.794 bits per heavy atom. The van der Waals surface area contributed by atoms with Gasteiger partial charge in [-0.3, -0.25) is 0 Å². The second-order valence-electron chi connectivity index (χ2n) is 10.3. The molecule has 1 aromatic heterocycles. The van der Waals surface area contributed by atoms with E-state index in [0.29, 0.717) is 23.7 Å². The molecule has 1 aromatic carbocycles. The first-order chi connectivity index (χ1) is 16.7. The first-order valence-electron chi connectivity index (χ1n) is 13.9. The minimum absolute atomic E-state index is 0.213. The van der Waals surface area contributed by atoms with Gasteiger partial charge in [0.05, 0.1) is 12.3 Å². The lowest BCUT2D eigenvalue weighted by molar-refractivity contribution is 0.248. The average Bonchev–Trinajstić information content (AvgIpc) is 2.86. The van der Waals surface area contributed by atoms with Gasteiger partial charge in [-0.15, -0.1) is 10.2 Å². The summed E-state index contributed by atoms with van der Waals surface area (Å²) in [5.74, 6) is 2.04. The van der Waals surface area contributed by atoms with Gasteiger partial charge in [-0.25, -0.2) is 4.39 Å². The van der Waals surface area contributed by atoms with E-state index in [1.165, 1.54) is 70.6 Å². The van der Waals surface area contributed by atoms with Crippen molar-refractivity contribution in [3.63, 3.8) is 0 Å². The molecule has 34 heavy (non-hydrogen) atoms. The highest BCUT2D eigenvalue weighted by Gasteiger charge is 2.21.